The SMILES string of the molecule is CC.CC.CN(C)C(=O)c1ccc(C2=CCNCC2)cc1F. The Morgan fingerprint density at radius 3 is 2.27 bits per heavy atom. The number of nitrogens with zero attached hydrogens (tertiary/aromatic N) is 1. The molecule has 0 atom stereocenters. The molecular weight excluding hydrogens is 279 g/mol. The Morgan fingerprint density at radius 1 is 1.18 bits per heavy atom. The quantitative estimate of drug-likeness (QED) is 0.897. The summed E-state index contributed by atoms with van der Waals surface area (Å²) in [4.78, 5) is 13.1. The molecule has 1 aliphatic heterocycles. The molecule has 1 aromatic carbocycles. The van der Waals surface area contributed by atoms with Crippen LogP contribution in [-0.2, 0) is 0 Å². The Balaban J connectivity index is 0.00000102. The Kier molecular flexibility index (Phi) is 10.1. The van der Waals surface area contributed by atoms with Crippen LogP contribution in [0.25, 0.3) is 5.57 Å². The predicted octanol–water partition coefficient (Wildman–Crippen LogP) is 3.96. The van der Waals surface area contributed by atoms with Gasteiger partial charge in [0.15, 0.2) is 0 Å². The molecule has 1 N–H and O–H groups in total. The van der Waals surface area contributed by atoms with E-state index in [0.29, 0.717) is 0 Å². The molecule has 1 aromatic rings. The zero-order valence-electron chi connectivity index (χ0n) is 14.7. The zero-order chi connectivity index (χ0) is 17.1. The Morgan fingerprint density at radius 2 is 1.82 bits per heavy atom. The van der Waals surface area contributed by atoms with E-state index in [-0.39, 0.29) is 11.5 Å². The topological polar surface area (TPSA) is 32.3 Å². The molecule has 3 nitrogen and oxygen atoms in total. The molecule has 22 heavy (non-hydrogen) atoms. The molecule has 124 valence electrons. The normalized spacial score (nSPS) is 13.0. The van der Waals surface area contributed by atoms with Crippen LogP contribution in [0.2, 0.25) is 0 Å². The molecule has 0 unspecified atom stereocenters. The van der Waals surface area contributed by atoms with Crippen molar-refractivity contribution < 1.29 is 9.18 Å². The van der Waals surface area contributed by atoms with Crippen LogP contribution in [0.15, 0.2) is 24.3 Å². The average Bonchev–Trinajstić information content (AvgIpc) is 2.58. The van der Waals surface area contributed by atoms with E-state index in [0.717, 1.165) is 30.6 Å². The summed E-state index contributed by atoms with van der Waals surface area (Å²) in [6.45, 7) is 9.72. The lowest BCUT2D eigenvalue weighted by Crippen LogP contribution is -2.23. The van der Waals surface area contributed by atoms with Crippen LogP contribution in [0, 0.1) is 5.82 Å². The minimum absolute atomic E-state index is 0.123. The van der Waals surface area contributed by atoms with E-state index in [1.807, 2.05) is 33.8 Å². The smallest absolute Gasteiger partial charge is 0.256 e. The molecule has 0 fully saturated rings. The van der Waals surface area contributed by atoms with Gasteiger partial charge >= 0.3 is 0 Å². The van der Waals surface area contributed by atoms with Crippen LogP contribution in [0.4, 0.5) is 4.39 Å². The summed E-state index contributed by atoms with van der Waals surface area (Å²) in [6, 6.07) is 4.83. The molecule has 1 aliphatic rings. The van der Waals surface area contributed by atoms with Gasteiger partial charge in [0.05, 0.1) is 5.56 Å². The number of nitrogens with one attached hydrogen (secondary N) is 1. The van der Waals surface area contributed by atoms with Gasteiger partial charge in [0.2, 0.25) is 0 Å². The highest BCUT2D eigenvalue weighted by Crippen LogP contribution is 2.22. The van der Waals surface area contributed by atoms with Crippen molar-refractivity contribution in [1.29, 1.82) is 0 Å². The third-order valence-corrected chi connectivity index (χ3v) is 3.04. The Labute approximate surface area is 134 Å². The van der Waals surface area contributed by atoms with Gasteiger partial charge in [-0.3, -0.25) is 4.79 Å². The molecule has 2 rings (SSSR count). The van der Waals surface area contributed by atoms with Crippen molar-refractivity contribution in [2.24, 2.45) is 0 Å². The Hall–Kier alpha value is -1.68. The van der Waals surface area contributed by atoms with Gasteiger partial charge in [0.1, 0.15) is 5.82 Å². The lowest BCUT2D eigenvalue weighted by molar-refractivity contribution is 0.0823. The first-order chi connectivity index (χ1) is 10.6. The summed E-state index contributed by atoms with van der Waals surface area (Å²) in [7, 11) is 3.23. The molecule has 1 heterocycles. The molecule has 0 aromatic heterocycles. The molecule has 0 saturated heterocycles. The van der Waals surface area contributed by atoms with Crippen molar-refractivity contribution >= 4 is 11.5 Å². The van der Waals surface area contributed by atoms with Crippen LogP contribution in [-0.4, -0.2) is 38.0 Å². The Bertz CT molecular complexity index is 496. The van der Waals surface area contributed by atoms with Gasteiger partial charge in [-0.1, -0.05) is 39.8 Å². The minimum atomic E-state index is -0.453. The predicted molar refractivity (Wildman–Crippen MR) is 92.6 cm³/mol. The lowest BCUT2D eigenvalue weighted by Gasteiger charge is -2.16. The third kappa shape index (κ3) is 5.60. The van der Waals surface area contributed by atoms with E-state index < -0.39 is 5.82 Å². The highest BCUT2D eigenvalue weighted by molar-refractivity contribution is 5.94. The second-order valence-corrected chi connectivity index (χ2v) is 4.58. The molecule has 0 radical (unpaired) electrons. The van der Waals surface area contributed by atoms with E-state index in [2.05, 4.69) is 11.4 Å². The van der Waals surface area contributed by atoms with E-state index in [1.165, 1.54) is 11.0 Å². The van der Waals surface area contributed by atoms with E-state index >= 15 is 0 Å². The summed E-state index contributed by atoms with van der Waals surface area (Å²) in [6.07, 6.45) is 2.95. The van der Waals surface area contributed by atoms with Gasteiger partial charge < -0.3 is 10.2 Å². The largest absolute Gasteiger partial charge is 0.345 e. The third-order valence-electron chi connectivity index (χ3n) is 3.04. The van der Waals surface area contributed by atoms with Gasteiger partial charge in [-0.2, -0.15) is 0 Å². The standard InChI is InChI=1S/C14H17FN2O.2C2H6/c1-17(2)14(18)12-4-3-11(9-13(12)15)10-5-7-16-8-6-10;2*1-2/h3-5,9,16H,6-8H2,1-2H3;2*1-2H3. The van der Waals surface area contributed by atoms with Crippen molar-refractivity contribution in [1.82, 2.24) is 10.2 Å². The maximum Gasteiger partial charge on any atom is 0.256 e. The molecule has 0 aliphatic carbocycles. The first kappa shape index (κ1) is 20.3. The summed E-state index contributed by atoms with van der Waals surface area (Å²) in [5.74, 6) is -0.760. The number of hydrogen-bond donors (Lipinski definition) is 1. The van der Waals surface area contributed by atoms with Crippen LogP contribution < -0.4 is 5.32 Å². The minimum Gasteiger partial charge on any atom is -0.345 e. The summed E-state index contributed by atoms with van der Waals surface area (Å²) in [5, 5.41) is 3.21. The van der Waals surface area contributed by atoms with E-state index in [1.54, 1.807) is 20.2 Å². The van der Waals surface area contributed by atoms with Gasteiger partial charge in [-0.15, -0.1) is 0 Å². The number of benzene rings is 1. The highest BCUT2D eigenvalue weighted by atomic mass is 19.1. The average molecular weight is 308 g/mol. The van der Waals surface area contributed by atoms with Crippen molar-refractivity contribution in [3.05, 3.63) is 41.2 Å². The summed E-state index contributed by atoms with van der Waals surface area (Å²) >= 11 is 0. The van der Waals surface area contributed by atoms with Crippen molar-refractivity contribution in [2.75, 3.05) is 27.2 Å². The maximum absolute atomic E-state index is 13.9. The summed E-state index contributed by atoms with van der Waals surface area (Å²) in [5.41, 5.74) is 2.12. The number of hydrogen-bond acceptors (Lipinski definition) is 2. The number of rotatable bonds is 2. The fraction of sp³-hybridized carbons (Fsp3) is 0.500. The van der Waals surface area contributed by atoms with Crippen LogP contribution in [0.5, 0.6) is 0 Å². The van der Waals surface area contributed by atoms with Crippen molar-refractivity contribution in [3.8, 4) is 0 Å². The molecule has 0 spiro atoms. The van der Waals surface area contributed by atoms with Crippen LogP contribution >= 0.6 is 0 Å². The number of carbonyl (C=O) groups excluding carboxylic acids is 1. The summed E-state index contributed by atoms with van der Waals surface area (Å²) < 4.78 is 13.9. The molecule has 0 saturated carbocycles. The second-order valence-electron chi connectivity index (χ2n) is 4.58. The van der Waals surface area contributed by atoms with Crippen LogP contribution in [0.3, 0.4) is 0 Å². The molecular formula is C18H29FN2O. The second kappa shape index (κ2) is 11.0. The molecule has 4 heteroatoms. The van der Waals surface area contributed by atoms with E-state index in [4.69, 9.17) is 0 Å². The first-order valence-electron chi connectivity index (χ1n) is 8.01. The van der Waals surface area contributed by atoms with Crippen molar-refractivity contribution in [3.63, 3.8) is 0 Å². The maximum atomic E-state index is 13.9. The molecule has 1 amide bonds. The lowest BCUT2D eigenvalue weighted by atomic mass is 9.98. The first-order valence-corrected chi connectivity index (χ1v) is 8.01. The highest BCUT2D eigenvalue weighted by Gasteiger charge is 2.15. The molecule has 0 bridgehead atoms. The number of amides is 1. The van der Waals surface area contributed by atoms with Gasteiger partial charge in [-0.05, 0) is 36.2 Å². The fourth-order valence-electron chi connectivity index (χ4n) is 2.01. The number of carbonyl (C=O) groups is 1. The van der Waals surface area contributed by atoms with Gasteiger partial charge in [-0.25, -0.2) is 4.39 Å². The zero-order valence-corrected chi connectivity index (χ0v) is 14.7. The number of halogens is 1. The van der Waals surface area contributed by atoms with Crippen molar-refractivity contribution in [2.45, 2.75) is 34.1 Å². The van der Waals surface area contributed by atoms with Crippen LogP contribution in [0.1, 0.15) is 50.0 Å². The van der Waals surface area contributed by atoms with E-state index in [9.17, 15) is 9.18 Å². The van der Waals surface area contributed by atoms with Gasteiger partial charge in [0.25, 0.3) is 5.91 Å². The monoisotopic (exact) mass is 308 g/mol. The van der Waals surface area contributed by atoms with Gasteiger partial charge in [0, 0.05) is 20.6 Å². The fourth-order valence-corrected chi connectivity index (χ4v) is 2.01.